The van der Waals surface area contributed by atoms with E-state index < -0.39 is 0 Å². The van der Waals surface area contributed by atoms with Crippen molar-refractivity contribution >= 4 is 33.1 Å². The van der Waals surface area contributed by atoms with Gasteiger partial charge in [0.2, 0.25) is 0 Å². The van der Waals surface area contributed by atoms with Gasteiger partial charge in [-0.15, -0.1) is 11.3 Å². The third kappa shape index (κ3) is 1.94. The molecule has 0 aliphatic carbocycles. The molecule has 96 valence electrons. The van der Waals surface area contributed by atoms with Crippen LogP contribution in [0.4, 0.5) is 5.69 Å². The first-order valence-corrected chi connectivity index (χ1v) is 6.95. The monoisotopic (exact) mass is 270 g/mol. The number of hydrogen-bond acceptors (Lipinski definition) is 2. The first kappa shape index (κ1) is 12.0. The van der Waals surface area contributed by atoms with Crippen molar-refractivity contribution < 1.29 is 4.79 Å². The Morgan fingerprint density at radius 2 is 1.95 bits per heavy atom. The lowest BCUT2D eigenvalue weighted by Crippen LogP contribution is -2.16. The Morgan fingerprint density at radius 3 is 2.63 bits per heavy atom. The van der Waals surface area contributed by atoms with E-state index in [2.05, 4.69) is 10.7 Å². The van der Waals surface area contributed by atoms with E-state index >= 15 is 0 Å². The zero-order chi connectivity index (χ0) is 13.4. The van der Waals surface area contributed by atoms with Crippen LogP contribution in [0.3, 0.4) is 0 Å². The molecule has 2 aromatic heterocycles. The molecule has 0 radical (unpaired) electrons. The number of thiophene rings is 1. The maximum atomic E-state index is 12.4. The SMILES string of the molecule is Cc1c(C(=O)Nc2ccccc2)n(C)c2ccsc12. The van der Waals surface area contributed by atoms with Gasteiger partial charge in [-0.05, 0) is 36.1 Å². The van der Waals surface area contributed by atoms with Crippen LogP contribution in [0.25, 0.3) is 10.2 Å². The lowest BCUT2D eigenvalue weighted by atomic mass is 10.2. The van der Waals surface area contributed by atoms with Crippen LogP contribution in [0.15, 0.2) is 41.8 Å². The minimum Gasteiger partial charge on any atom is -0.339 e. The molecule has 1 aromatic carbocycles. The van der Waals surface area contributed by atoms with Crippen molar-refractivity contribution in [2.24, 2.45) is 7.05 Å². The number of fused-ring (bicyclic) bond motifs is 1. The summed E-state index contributed by atoms with van der Waals surface area (Å²) in [6, 6.07) is 11.6. The number of aromatic nitrogens is 1. The van der Waals surface area contributed by atoms with E-state index in [-0.39, 0.29) is 5.91 Å². The molecule has 3 aromatic rings. The Morgan fingerprint density at radius 1 is 1.21 bits per heavy atom. The van der Waals surface area contributed by atoms with Crippen molar-refractivity contribution in [3.8, 4) is 0 Å². The fourth-order valence-corrected chi connectivity index (χ4v) is 3.29. The van der Waals surface area contributed by atoms with Crippen LogP contribution in [0.5, 0.6) is 0 Å². The summed E-state index contributed by atoms with van der Waals surface area (Å²) < 4.78 is 3.14. The Labute approximate surface area is 115 Å². The molecule has 0 atom stereocenters. The van der Waals surface area contributed by atoms with Crippen molar-refractivity contribution in [3.63, 3.8) is 0 Å². The van der Waals surface area contributed by atoms with Crippen LogP contribution in [0, 0.1) is 6.92 Å². The molecule has 0 aliphatic heterocycles. The highest BCUT2D eigenvalue weighted by Gasteiger charge is 2.18. The van der Waals surface area contributed by atoms with Crippen LogP contribution in [-0.4, -0.2) is 10.5 Å². The molecule has 0 saturated heterocycles. The predicted octanol–water partition coefficient (Wildman–Crippen LogP) is 3.80. The van der Waals surface area contributed by atoms with E-state index in [1.807, 2.05) is 54.9 Å². The van der Waals surface area contributed by atoms with Gasteiger partial charge in [-0.3, -0.25) is 4.79 Å². The van der Waals surface area contributed by atoms with Crippen LogP contribution in [0.2, 0.25) is 0 Å². The topological polar surface area (TPSA) is 34.0 Å². The second-order valence-corrected chi connectivity index (χ2v) is 5.40. The molecule has 3 nitrogen and oxygen atoms in total. The Hall–Kier alpha value is -2.07. The molecule has 0 spiro atoms. The third-order valence-corrected chi connectivity index (χ3v) is 4.31. The molecule has 0 saturated carbocycles. The molecule has 19 heavy (non-hydrogen) atoms. The summed E-state index contributed by atoms with van der Waals surface area (Å²) in [6.45, 7) is 2.00. The highest BCUT2D eigenvalue weighted by Crippen LogP contribution is 2.29. The van der Waals surface area contributed by atoms with Crippen LogP contribution < -0.4 is 5.32 Å². The quantitative estimate of drug-likeness (QED) is 0.755. The van der Waals surface area contributed by atoms with Crippen molar-refractivity contribution in [1.29, 1.82) is 0 Å². The highest BCUT2D eigenvalue weighted by atomic mass is 32.1. The first-order valence-electron chi connectivity index (χ1n) is 6.07. The van der Waals surface area contributed by atoms with E-state index in [1.165, 1.54) is 4.70 Å². The molecule has 2 heterocycles. The second kappa shape index (κ2) is 4.55. The molecule has 1 amide bonds. The number of aryl methyl sites for hydroxylation is 2. The molecular formula is C15H14N2OS. The van der Waals surface area contributed by atoms with Crippen LogP contribution in [0.1, 0.15) is 16.1 Å². The lowest BCUT2D eigenvalue weighted by Gasteiger charge is -2.07. The van der Waals surface area contributed by atoms with E-state index in [0.717, 1.165) is 22.5 Å². The van der Waals surface area contributed by atoms with Gasteiger partial charge >= 0.3 is 0 Å². The van der Waals surface area contributed by atoms with Crippen molar-refractivity contribution in [1.82, 2.24) is 4.57 Å². The summed E-state index contributed by atoms with van der Waals surface area (Å²) >= 11 is 1.67. The summed E-state index contributed by atoms with van der Waals surface area (Å²) in [5.41, 5.74) is 3.70. The number of rotatable bonds is 2. The number of carbonyl (C=O) groups is 1. The Balaban J connectivity index is 2.00. The number of amides is 1. The zero-order valence-electron chi connectivity index (χ0n) is 10.8. The Kier molecular flexibility index (Phi) is 2.87. The molecule has 0 aliphatic rings. The molecule has 3 rings (SSSR count). The standard InChI is InChI=1S/C15H14N2OS/c1-10-13(17(2)12-8-9-19-14(10)12)15(18)16-11-6-4-3-5-7-11/h3-9H,1-2H3,(H,16,18). The van der Waals surface area contributed by atoms with Gasteiger partial charge in [0.1, 0.15) is 5.69 Å². The van der Waals surface area contributed by atoms with E-state index in [0.29, 0.717) is 0 Å². The number of hydrogen-bond donors (Lipinski definition) is 1. The lowest BCUT2D eigenvalue weighted by molar-refractivity contribution is 0.101. The maximum Gasteiger partial charge on any atom is 0.272 e. The molecule has 4 heteroatoms. The average Bonchev–Trinajstić information content (AvgIpc) is 2.96. The van der Waals surface area contributed by atoms with E-state index in [1.54, 1.807) is 11.3 Å². The van der Waals surface area contributed by atoms with Gasteiger partial charge in [0.15, 0.2) is 0 Å². The summed E-state index contributed by atoms with van der Waals surface area (Å²) in [5, 5.41) is 4.99. The molecule has 0 unspecified atom stereocenters. The fraction of sp³-hybridized carbons (Fsp3) is 0.133. The fourth-order valence-electron chi connectivity index (χ4n) is 2.36. The minimum absolute atomic E-state index is 0.0606. The van der Waals surface area contributed by atoms with Gasteiger partial charge in [0.25, 0.3) is 5.91 Å². The number of nitrogens with zero attached hydrogens (tertiary/aromatic N) is 1. The highest BCUT2D eigenvalue weighted by molar-refractivity contribution is 7.17. The zero-order valence-corrected chi connectivity index (χ0v) is 11.6. The van der Waals surface area contributed by atoms with Crippen molar-refractivity contribution in [2.45, 2.75) is 6.92 Å². The number of para-hydroxylation sites is 1. The number of anilines is 1. The third-order valence-electron chi connectivity index (χ3n) is 3.28. The molecule has 1 N–H and O–H groups in total. The summed E-state index contributed by atoms with van der Waals surface area (Å²) in [5.74, 6) is -0.0606. The minimum atomic E-state index is -0.0606. The molecule has 0 fully saturated rings. The van der Waals surface area contributed by atoms with Gasteiger partial charge in [-0.1, -0.05) is 18.2 Å². The summed E-state index contributed by atoms with van der Waals surface area (Å²) in [6.07, 6.45) is 0. The smallest absolute Gasteiger partial charge is 0.272 e. The largest absolute Gasteiger partial charge is 0.339 e. The van der Waals surface area contributed by atoms with Crippen molar-refractivity contribution in [3.05, 3.63) is 53.0 Å². The van der Waals surface area contributed by atoms with Crippen LogP contribution in [-0.2, 0) is 7.05 Å². The predicted molar refractivity (Wildman–Crippen MR) is 79.9 cm³/mol. The van der Waals surface area contributed by atoms with E-state index in [9.17, 15) is 4.79 Å². The average molecular weight is 270 g/mol. The number of nitrogens with one attached hydrogen (secondary N) is 1. The summed E-state index contributed by atoms with van der Waals surface area (Å²) in [7, 11) is 1.93. The van der Waals surface area contributed by atoms with Gasteiger partial charge in [0, 0.05) is 12.7 Å². The summed E-state index contributed by atoms with van der Waals surface area (Å²) in [4.78, 5) is 12.4. The van der Waals surface area contributed by atoms with Gasteiger partial charge < -0.3 is 9.88 Å². The Bertz CT molecular complexity index is 706. The van der Waals surface area contributed by atoms with Gasteiger partial charge in [-0.2, -0.15) is 0 Å². The number of carbonyl (C=O) groups excluding carboxylic acids is 1. The molecule has 0 bridgehead atoms. The number of benzene rings is 1. The van der Waals surface area contributed by atoms with Gasteiger partial charge in [0.05, 0.1) is 10.2 Å². The van der Waals surface area contributed by atoms with E-state index in [4.69, 9.17) is 0 Å². The first-order chi connectivity index (χ1) is 9.18. The van der Waals surface area contributed by atoms with Crippen molar-refractivity contribution in [2.75, 3.05) is 5.32 Å². The van der Waals surface area contributed by atoms with Gasteiger partial charge in [-0.25, -0.2) is 0 Å². The normalized spacial score (nSPS) is 10.8. The second-order valence-electron chi connectivity index (χ2n) is 4.49. The van der Waals surface area contributed by atoms with Crippen LogP contribution >= 0.6 is 11.3 Å². The maximum absolute atomic E-state index is 12.4. The molecular weight excluding hydrogens is 256 g/mol.